The quantitative estimate of drug-likeness (QED) is 0.620. The summed E-state index contributed by atoms with van der Waals surface area (Å²) in [5.41, 5.74) is 2.59. The molecule has 1 saturated heterocycles. The SMILES string of the molecule is COc1cccc(CN2C(=O)C(=O)N(Cc3ccc(C)cc3)C2=O)c1. The molecule has 4 amide bonds. The van der Waals surface area contributed by atoms with Crippen LogP contribution in [0.25, 0.3) is 0 Å². The van der Waals surface area contributed by atoms with Gasteiger partial charge in [-0.2, -0.15) is 0 Å². The molecule has 0 aliphatic carbocycles. The lowest BCUT2D eigenvalue weighted by atomic mass is 10.1. The highest BCUT2D eigenvalue weighted by Gasteiger charge is 2.44. The number of carbonyl (C=O) groups is 3. The first kappa shape index (κ1) is 16.7. The summed E-state index contributed by atoms with van der Waals surface area (Å²) in [6.07, 6.45) is 0. The van der Waals surface area contributed by atoms with Crippen LogP contribution in [-0.2, 0) is 22.7 Å². The van der Waals surface area contributed by atoms with Gasteiger partial charge in [0, 0.05) is 0 Å². The van der Waals surface area contributed by atoms with E-state index in [1.807, 2.05) is 31.2 Å². The standard InChI is InChI=1S/C19H18N2O4/c1-13-6-8-14(9-7-13)11-20-17(22)18(23)21(19(20)24)12-15-4-3-5-16(10-15)25-2/h3-10H,11-12H2,1-2H3. The van der Waals surface area contributed by atoms with Crippen molar-refractivity contribution < 1.29 is 19.1 Å². The number of methoxy groups -OCH3 is 1. The van der Waals surface area contributed by atoms with Gasteiger partial charge in [0.25, 0.3) is 0 Å². The Morgan fingerprint density at radius 1 is 0.840 bits per heavy atom. The maximum Gasteiger partial charge on any atom is 0.334 e. The van der Waals surface area contributed by atoms with E-state index >= 15 is 0 Å². The number of imide groups is 2. The summed E-state index contributed by atoms with van der Waals surface area (Å²) in [5.74, 6) is -0.979. The number of nitrogens with zero attached hydrogens (tertiary/aromatic N) is 2. The number of amides is 4. The first-order valence-corrected chi connectivity index (χ1v) is 7.85. The molecule has 1 heterocycles. The molecule has 0 atom stereocenters. The number of aryl methyl sites for hydroxylation is 1. The first-order chi connectivity index (χ1) is 12.0. The van der Waals surface area contributed by atoms with Crippen LogP contribution in [0.15, 0.2) is 48.5 Å². The van der Waals surface area contributed by atoms with Crippen molar-refractivity contribution in [2.45, 2.75) is 20.0 Å². The van der Waals surface area contributed by atoms with Crippen LogP contribution in [0, 0.1) is 6.92 Å². The maximum absolute atomic E-state index is 12.5. The van der Waals surface area contributed by atoms with Gasteiger partial charge in [0.15, 0.2) is 0 Å². The zero-order valence-electron chi connectivity index (χ0n) is 14.1. The van der Waals surface area contributed by atoms with E-state index in [1.165, 1.54) is 7.11 Å². The fraction of sp³-hybridized carbons (Fsp3) is 0.211. The lowest BCUT2D eigenvalue weighted by Gasteiger charge is -2.16. The summed E-state index contributed by atoms with van der Waals surface area (Å²) in [6.45, 7) is 2.07. The summed E-state index contributed by atoms with van der Waals surface area (Å²) in [5, 5.41) is 0. The molecule has 0 radical (unpaired) electrons. The van der Waals surface area contributed by atoms with Crippen molar-refractivity contribution in [2.24, 2.45) is 0 Å². The number of rotatable bonds is 5. The van der Waals surface area contributed by atoms with E-state index in [4.69, 9.17) is 4.74 Å². The number of benzene rings is 2. The van der Waals surface area contributed by atoms with Crippen LogP contribution >= 0.6 is 0 Å². The smallest absolute Gasteiger partial charge is 0.334 e. The Labute approximate surface area is 145 Å². The van der Waals surface area contributed by atoms with Crippen LogP contribution in [0.5, 0.6) is 5.75 Å². The highest BCUT2D eigenvalue weighted by atomic mass is 16.5. The minimum Gasteiger partial charge on any atom is -0.497 e. The monoisotopic (exact) mass is 338 g/mol. The van der Waals surface area contributed by atoms with Crippen LogP contribution in [0.3, 0.4) is 0 Å². The molecular formula is C19H18N2O4. The second kappa shape index (κ2) is 6.76. The van der Waals surface area contributed by atoms with E-state index in [-0.39, 0.29) is 13.1 Å². The molecule has 1 fully saturated rings. The molecule has 1 aliphatic heterocycles. The largest absolute Gasteiger partial charge is 0.497 e. The first-order valence-electron chi connectivity index (χ1n) is 7.85. The van der Waals surface area contributed by atoms with Gasteiger partial charge in [0.1, 0.15) is 5.75 Å². The molecule has 3 rings (SSSR count). The van der Waals surface area contributed by atoms with E-state index in [2.05, 4.69) is 0 Å². The summed E-state index contributed by atoms with van der Waals surface area (Å²) >= 11 is 0. The van der Waals surface area contributed by atoms with Gasteiger partial charge in [0.2, 0.25) is 0 Å². The van der Waals surface area contributed by atoms with Gasteiger partial charge >= 0.3 is 17.8 Å². The predicted molar refractivity (Wildman–Crippen MR) is 90.7 cm³/mol. The van der Waals surface area contributed by atoms with Crippen molar-refractivity contribution in [2.75, 3.05) is 7.11 Å². The molecular weight excluding hydrogens is 320 g/mol. The third kappa shape index (κ3) is 3.38. The Bertz CT molecular complexity index is 830. The van der Waals surface area contributed by atoms with Crippen molar-refractivity contribution in [3.63, 3.8) is 0 Å². The van der Waals surface area contributed by atoms with E-state index in [0.29, 0.717) is 11.3 Å². The molecule has 2 aromatic carbocycles. The third-order valence-electron chi connectivity index (χ3n) is 4.07. The summed E-state index contributed by atoms with van der Waals surface area (Å²) in [7, 11) is 1.54. The Kier molecular flexibility index (Phi) is 4.52. The topological polar surface area (TPSA) is 66.9 Å². The zero-order valence-corrected chi connectivity index (χ0v) is 14.1. The van der Waals surface area contributed by atoms with Crippen LogP contribution in [-0.4, -0.2) is 34.8 Å². The normalized spacial score (nSPS) is 14.4. The van der Waals surface area contributed by atoms with Crippen LogP contribution < -0.4 is 4.74 Å². The number of urea groups is 1. The second-order valence-electron chi connectivity index (χ2n) is 5.90. The Morgan fingerprint density at radius 2 is 1.44 bits per heavy atom. The van der Waals surface area contributed by atoms with E-state index in [9.17, 15) is 14.4 Å². The number of carbonyl (C=O) groups excluding carboxylic acids is 3. The molecule has 0 spiro atoms. The second-order valence-corrected chi connectivity index (χ2v) is 5.90. The highest BCUT2D eigenvalue weighted by molar-refractivity contribution is 6.44. The molecule has 25 heavy (non-hydrogen) atoms. The van der Waals surface area contributed by atoms with Crippen molar-refractivity contribution in [3.05, 3.63) is 65.2 Å². The highest BCUT2D eigenvalue weighted by Crippen LogP contribution is 2.20. The minimum atomic E-state index is -0.806. The number of ether oxygens (including phenoxy) is 1. The molecule has 1 aliphatic rings. The van der Waals surface area contributed by atoms with Gasteiger partial charge in [-0.1, -0.05) is 42.0 Å². The van der Waals surface area contributed by atoms with Crippen molar-refractivity contribution in [3.8, 4) is 5.75 Å². The van der Waals surface area contributed by atoms with E-state index < -0.39 is 17.8 Å². The molecule has 6 heteroatoms. The fourth-order valence-corrected chi connectivity index (χ4v) is 2.66. The zero-order chi connectivity index (χ0) is 18.0. The molecule has 0 N–H and O–H groups in total. The van der Waals surface area contributed by atoms with Gasteiger partial charge in [0.05, 0.1) is 20.2 Å². The Balaban J connectivity index is 1.77. The number of hydrogen-bond acceptors (Lipinski definition) is 4. The molecule has 0 unspecified atom stereocenters. The molecule has 0 aromatic heterocycles. The summed E-state index contributed by atoms with van der Waals surface area (Å²) < 4.78 is 5.14. The van der Waals surface area contributed by atoms with Gasteiger partial charge in [-0.25, -0.2) is 4.79 Å². The van der Waals surface area contributed by atoms with Crippen molar-refractivity contribution in [1.82, 2.24) is 9.80 Å². The minimum absolute atomic E-state index is 0.0327. The number of hydrogen-bond donors (Lipinski definition) is 0. The fourth-order valence-electron chi connectivity index (χ4n) is 2.66. The Morgan fingerprint density at radius 3 is 2.04 bits per heavy atom. The van der Waals surface area contributed by atoms with Gasteiger partial charge in [-0.15, -0.1) is 0 Å². The summed E-state index contributed by atoms with van der Waals surface area (Å²) in [4.78, 5) is 38.9. The van der Waals surface area contributed by atoms with E-state index in [0.717, 1.165) is 20.9 Å². The van der Waals surface area contributed by atoms with Gasteiger partial charge in [-0.05, 0) is 30.2 Å². The molecule has 128 valence electrons. The van der Waals surface area contributed by atoms with E-state index in [1.54, 1.807) is 24.3 Å². The third-order valence-corrected chi connectivity index (χ3v) is 4.07. The average Bonchev–Trinajstić information content (AvgIpc) is 2.82. The van der Waals surface area contributed by atoms with Crippen LogP contribution in [0.1, 0.15) is 16.7 Å². The van der Waals surface area contributed by atoms with Crippen molar-refractivity contribution in [1.29, 1.82) is 0 Å². The lowest BCUT2D eigenvalue weighted by Crippen LogP contribution is -2.32. The van der Waals surface area contributed by atoms with Crippen molar-refractivity contribution >= 4 is 17.8 Å². The van der Waals surface area contributed by atoms with Crippen LogP contribution in [0.4, 0.5) is 4.79 Å². The average molecular weight is 338 g/mol. The summed E-state index contributed by atoms with van der Waals surface area (Å²) in [6, 6.07) is 13.9. The predicted octanol–water partition coefficient (Wildman–Crippen LogP) is 2.49. The molecule has 6 nitrogen and oxygen atoms in total. The van der Waals surface area contributed by atoms with Gasteiger partial charge in [-0.3, -0.25) is 19.4 Å². The molecule has 2 aromatic rings. The molecule has 0 saturated carbocycles. The van der Waals surface area contributed by atoms with Gasteiger partial charge < -0.3 is 4.74 Å². The molecule has 0 bridgehead atoms. The van der Waals surface area contributed by atoms with Crippen LogP contribution in [0.2, 0.25) is 0 Å². The maximum atomic E-state index is 12.5. The lowest BCUT2D eigenvalue weighted by molar-refractivity contribution is -0.143. The Hall–Kier alpha value is -3.15.